The largest absolute Gasteiger partial charge is 0.368 e. The average molecular weight is 357 g/mol. The second-order valence-corrected chi connectivity index (χ2v) is 5.39. The molecule has 0 fully saturated rings. The van der Waals surface area contributed by atoms with Crippen LogP contribution in [0.3, 0.4) is 0 Å². The number of carbonyl (C=O) groups excluding carboxylic acids is 3. The second kappa shape index (κ2) is 7.92. The Morgan fingerprint density at radius 1 is 1.15 bits per heavy atom. The van der Waals surface area contributed by atoms with E-state index in [-0.39, 0.29) is 29.8 Å². The molecule has 1 aromatic carbocycles. The van der Waals surface area contributed by atoms with Crippen molar-refractivity contribution in [2.45, 2.75) is 6.92 Å². The van der Waals surface area contributed by atoms with Crippen LogP contribution >= 0.6 is 0 Å². The van der Waals surface area contributed by atoms with Crippen LogP contribution in [0.5, 0.6) is 0 Å². The van der Waals surface area contributed by atoms with Crippen molar-refractivity contribution in [1.82, 2.24) is 9.97 Å². The molecule has 10 heteroatoms. The van der Waals surface area contributed by atoms with Crippen molar-refractivity contribution in [2.75, 3.05) is 29.1 Å². The Morgan fingerprint density at radius 3 is 2.35 bits per heavy atom. The summed E-state index contributed by atoms with van der Waals surface area (Å²) in [6.07, 6.45) is 1.25. The number of hydrogen-bond donors (Lipinski definition) is 4. The van der Waals surface area contributed by atoms with Crippen molar-refractivity contribution in [1.29, 1.82) is 0 Å². The van der Waals surface area contributed by atoms with Crippen LogP contribution in [0.2, 0.25) is 0 Å². The van der Waals surface area contributed by atoms with Gasteiger partial charge in [0.2, 0.25) is 17.8 Å². The van der Waals surface area contributed by atoms with Gasteiger partial charge in [-0.3, -0.25) is 14.4 Å². The van der Waals surface area contributed by atoms with E-state index in [4.69, 9.17) is 11.5 Å². The quantitative estimate of drug-likeness (QED) is 0.551. The molecule has 2 rings (SSSR count). The zero-order valence-electron chi connectivity index (χ0n) is 14.3. The van der Waals surface area contributed by atoms with Crippen LogP contribution in [0.1, 0.15) is 17.3 Å². The van der Waals surface area contributed by atoms with E-state index in [0.29, 0.717) is 11.4 Å². The molecule has 0 radical (unpaired) electrons. The maximum Gasteiger partial charge on any atom is 0.254 e. The third-order valence-electron chi connectivity index (χ3n) is 3.46. The third-order valence-corrected chi connectivity index (χ3v) is 3.46. The van der Waals surface area contributed by atoms with Crippen molar-refractivity contribution in [2.24, 2.45) is 11.5 Å². The van der Waals surface area contributed by atoms with E-state index < -0.39 is 11.8 Å². The maximum absolute atomic E-state index is 11.6. The van der Waals surface area contributed by atoms with Crippen molar-refractivity contribution in [3.63, 3.8) is 0 Å². The van der Waals surface area contributed by atoms with E-state index in [9.17, 15) is 14.4 Å². The highest BCUT2D eigenvalue weighted by atomic mass is 16.2. The molecule has 0 saturated heterocycles. The summed E-state index contributed by atoms with van der Waals surface area (Å²) < 4.78 is 0. The summed E-state index contributed by atoms with van der Waals surface area (Å²) in [5.41, 5.74) is 11.8. The van der Waals surface area contributed by atoms with Gasteiger partial charge in [0.15, 0.2) is 0 Å². The SMILES string of the molecule is CC(=O)N(C)c1ccc(Nc2nc(NCC(N)=O)ncc2C(N)=O)cc1. The third kappa shape index (κ3) is 4.66. The first kappa shape index (κ1) is 18.6. The highest BCUT2D eigenvalue weighted by Crippen LogP contribution is 2.22. The number of benzene rings is 1. The summed E-state index contributed by atoms with van der Waals surface area (Å²) in [5.74, 6) is -1.09. The molecule has 26 heavy (non-hydrogen) atoms. The predicted molar refractivity (Wildman–Crippen MR) is 97.0 cm³/mol. The molecule has 6 N–H and O–H groups in total. The van der Waals surface area contributed by atoms with Gasteiger partial charge in [-0.05, 0) is 24.3 Å². The minimum atomic E-state index is -0.707. The van der Waals surface area contributed by atoms with Crippen LogP contribution in [-0.2, 0) is 9.59 Å². The molecule has 1 aromatic heterocycles. The Labute approximate surface area is 149 Å². The maximum atomic E-state index is 11.6. The second-order valence-electron chi connectivity index (χ2n) is 5.39. The Morgan fingerprint density at radius 2 is 1.81 bits per heavy atom. The van der Waals surface area contributed by atoms with Crippen molar-refractivity contribution in [3.05, 3.63) is 36.0 Å². The number of nitrogens with zero attached hydrogens (tertiary/aromatic N) is 3. The number of nitrogens with one attached hydrogen (secondary N) is 2. The first-order chi connectivity index (χ1) is 12.3. The molecule has 0 unspecified atom stereocenters. The van der Waals surface area contributed by atoms with Gasteiger partial charge >= 0.3 is 0 Å². The highest BCUT2D eigenvalue weighted by molar-refractivity contribution is 5.98. The number of primary amides is 2. The molecule has 0 spiro atoms. The topological polar surface area (TPSA) is 156 Å². The molecule has 0 saturated carbocycles. The van der Waals surface area contributed by atoms with E-state index in [1.54, 1.807) is 31.3 Å². The van der Waals surface area contributed by atoms with Gasteiger partial charge in [0.25, 0.3) is 5.91 Å². The number of carbonyl (C=O) groups is 3. The van der Waals surface area contributed by atoms with E-state index in [2.05, 4.69) is 20.6 Å². The summed E-state index contributed by atoms with van der Waals surface area (Å²) in [6, 6.07) is 6.92. The Bertz CT molecular complexity index is 836. The Kier molecular flexibility index (Phi) is 5.68. The molecular weight excluding hydrogens is 338 g/mol. The molecular formula is C16H19N7O3. The minimum absolute atomic E-state index is 0.0829. The van der Waals surface area contributed by atoms with Gasteiger partial charge in [0, 0.05) is 31.5 Å². The normalized spacial score (nSPS) is 10.1. The van der Waals surface area contributed by atoms with Gasteiger partial charge in [0.05, 0.1) is 6.54 Å². The number of aromatic nitrogens is 2. The lowest BCUT2D eigenvalue weighted by Crippen LogP contribution is -2.23. The molecule has 10 nitrogen and oxygen atoms in total. The number of rotatable bonds is 7. The molecule has 0 aliphatic rings. The lowest BCUT2D eigenvalue weighted by atomic mass is 10.2. The van der Waals surface area contributed by atoms with E-state index in [0.717, 1.165) is 0 Å². The molecule has 1 heterocycles. The minimum Gasteiger partial charge on any atom is -0.368 e. The fourth-order valence-electron chi connectivity index (χ4n) is 2.00. The smallest absolute Gasteiger partial charge is 0.254 e. The molecule has 136 valence electrons. The number of anilines is 4. The lowest BCUT2D eigenvalue weighted by molar-refractivity contribution is -0.117. The highest BCUT2D eigenvalue weighted by Gasteiger charge is 2.13. The van der Waals surface area contributed by atoms with E-state index >= 15 is 0 Å². The summed E-state index contributed by atoms with van der Waals surface area (Å²) >= 11 is 0. The average Bonchev–Trinajstić information content (AvgIpc) is 2.59. The summed E-state index contributed by atoms with van der Waals surface area (Å²) in [7, 11) is 1.66. The van der Waals surface area contributed by atoms with Gasteiger partial charge < -0.3 is 27.0 Å². The fourth-order valence-corrected chi connectivity index (χ4v) is 2.00. The molecule has 2 aromatic rings. The van der Waals surface area contributed by atoms with Crippen LogP contribution in [0.4, 0.5) is 23.1 Å². The van der Waals surface area contributed by atoms with Crippen molar-refractivity contribution < 1.29 is 14.4 Å². The molecule has 0 aliphatic carbocycles. The zero-order chi connectivity index (χ0) is 19.3. The first-order valence-corrected chi connectivity index (χ1v) is 7.58. The number of nitrogens with two attached hydrogens (primary N) is 2. The monoisotopic (exact) mass is 357 g/mol. The van der Waals surface area contributed by atoms with Gasteiger partial charge in [0.1, 0.15) is 11.4 Å². The molecule has 0 aliphatic heterocycles. The molecule has 0 bridgehead atoms. The summed E-state index contributed by atoms with van der Waals surface area (Å²) in [4.78, 5) is 43.4. The van der Waals surface area contributed by atoms with Crippen LogP contribution in [0.15, 0.2) is 30.5 Å². The van der Waals surface area contributed by atoms with Crippen LogP contribution < -0.4 is 27.0 Å². The lowest BCUT2D eigenvalue weighted by Gasteiger charge is -2.16. The number of amides is 3. The van der Waals surface area contributed by atoms with E-state index in [1.165, 1.54) is 18.0 Å². The van der Waals surface area contributed by atoms with Gasteiger partial charge in [-0.25, -0.2) is 4.98 Å². The standard InChI is InChI=1S/C16H19N7O3/c1-9(24)23(2)11-5-3-10(4-6-11)21-15-12(14(18)26)7-19-16(22-15)20-8-13(17)25/h3-7H,8H2,1-2H3,(H2,17,25)(H2,18,26)(H2,19,20,21,22). The summed E-state index contributed by atoms with van der Waals surface area (Å²) in [5, 5.41) is 5.61. The van der Waals surface area contributed by atoms with Gasteiger partial charge in [-0.1, -0.05) is 0 Å². The van der Waals surface area contributed by atoms with Crippen LogP contribution in [-0.4, -0.2) is 41.3 Å². The van der Waals surface area contributed by atoms with Crippen LogP contribution in [0, 0.1) is 0 Å². The van der Waals surface area contributed by atoms with Gasteiger partial charge in [-0.2, -0.15) is 4.98 Å². The fraction of sp³-hybridized carbons (Fsp3) is 0.188. The van der Waals surface area contributed by atoms with Crippen molar-refractivity contribution in [3.8, 4) is 0 Å². The summed E-state index contributed by atoms with van der Waals surface area (Å²) in [6.45, 7) is 1.31. The molecule has 3 amide bonds. The van der Waals surface area contributed by atoms with Gasteiger partial charge in [-0.15, -0.1) is 0 Å². The molecule has 0 atom stereocenters. The van der Waals surface area contributed by atoms with Crippen LogP contribution in [0.25, 0.3) is 0 Å². The first-order valence-electron chi connectivity index (χ1n) is 7.58. The predicted octanol–water partition coefficient (Wildman–Crippen LogP) is 0.199. The Balaban J connectivity index is 2.25. The number of hydrogen-bond acceptors (Lipinski definition) is 7. The zero-order valence-corrected chi connectivity index (χ0v) is 14.3. The van der Waals surface area contributed by atoms with Crippen molar-refractivity contribution >= 4 is 40.9 Å². The van der Waals surface area contributed by atoms with E-state index in [1.807, 2.05) is 0 Å². The Hall–Kier alpha value is -3.69.